The Morgan fingerprint density at radius 2 is 1.67 bits per heavy atom. The van der Waals surface area contributed by atoms with E-state index in [1.54, 1.807) is 30.3 Å². The number of methoxy groups -OCH3 is 4. The van der Waals surface area contributed by atoms with Gasteiger partial charge in [0, 0.05) is 11.1 Å². The molecule has 0 spiro atoms. The van der Waals surface area contributed by atoms with E-state index in [4.69, 9.17) is 34.3 Å². The first-order chi connectivity index (χ1) is 15.5. The third kappa shape index (κ3) is 5.30. The summed E-state index contributed by atoms with van der Waals surface area (Å²) < 4.78 is 26.8. The van der Waals surface area contributed by atoms with Crippen molar-refractivity contribution in [2.75, 3.05) is 40.4 Å². The highest BCUT2D eigenvalue weighted by Crippen LogP contribution is 2.43. The van der Waals surface area contributed by atoms with Crippen molar-refractivity contribution in [3.05, 3.63) is 36.6 Å². The zero-order valence-corrected chi connectivity index (χ0v) is 19.4. The van der Waals surface area contributed by atoms with Crippen LogP contribution in [0.15, 0.2) is 41.1 Å². The first kappa shape index (κ1) is 25.8. The van der Waals surface area contributed by atoms with Crippen LogP contribution in [0.4, 0.5) is 5.69 Å². The van der Waals surface area contributed by atoms with E-state index in [1.807, 2.05) is 0 Å². The maximum absolute atomic E-state index is 12.2. The van der Waals surface area contributed by atoms with Crippen molar-refractivity contribution < 1.29 is 33.4 Å². The highest BCUT2D eigenvalue weighted by atomic mass is 35.5. The molecule has 11 heteroatoms. The topological polar surface area (TPSA) is 138 Å². The molecular formula is C22H26ClN3O7. The summed E-state index contributed by atoms with van der Waals surface area (Å²) >= 11 is 0. The lowest BCUT2D eigenvalue weighted by atomic mass is 10.0. The van der Waals surface area contributed by atoms with Gasteiger partial charge >= 0.3 is 0 Å². The van der Waals surface area contributed by atoms with Gasteiger partial charge in [-0.15, -0.1) is 12.4 Å². The number of nitrogens with two attached hydrogens (primary N) is 1. The molecule has 0 aliphatic heterocycles. The number of aliphatic hydroxyl groups is 1. The Balaban J connectivity index is 0.00000385. The van der Waals surface area contributed by atoms with E-state index in [-0.39, 0.29) is 12.4 Å². The Morgan fingerprint density at radius 3 is 2.21 bits per heavy atom. The van der Waals surface area contributed by atoms with Crippen LogP contribution in [0.5, 0.6) is 23.0 Å². The molecule has 0 fully saturated rings. The number of halogens is 1. The van der Waals surface area contributed by atoms with Crippen molar-refractivity contribution in [1.82, 2.24) is 5.16 Å². The maximum Gasteiger partial charge on any atom is 0.243 e. The Kier molecular flexibility index (Phi) is 8.92. The van der Waals surface area contributed by atoms with Crippen LogP contribution in [-0.4, -0.2) is 57.3 Å². The number of amides is 1. The number of nitrogens with zero attached hydrogens (tertiary/aromatic N) is 1. The van der Waals surface area contributed by atoms with E-state index in [9.17, 15) is 4.79 Å². The van der Waals surface area contributed by atoms with E-state index in [1.165, 1.54) is 34.7 Å². The summed E-state index contributed by atoms with van der Waals surface area (Å²) in [7, 11) is 6.06. The molecule has 0 radical (unpaired) electrons. The van der Waals surface area contributed by atoms with Gasteiger partial charge in [0.2, 0.25) is 11.7 Å². The van der Waals surface area contributed by atoms with Crippen LogP contribution in [-0.2, 0) is 4.79 Å². The highest BCUT2D eigenvalue weighted by molar-refractivity contribution is 5.97. The van der Waals surface area contributed by atoms with Crippen LogP contribution in [0.1, 0.15) is 0 Å². The summed E-state index contributed by atoms with van der Waals surface area (Å²) in [5.74, 6) is 1.28. The van der Waals surface area contributed by atoms with Crippen LogP contribution in [0.2, 0.25) is 0 Å². The number of aromatic nitrogens is 1. The van der Waals surface area contributed by atoms with Gasteiger partial charge in [-0.05, 0) is 29.8 Å². The molecule has 1 amide bonds. The van der Waals surface area contributed by atoms with Crippen molar-refractivity contribution in [2.45, 2.75) is 6.04 Å². The number of anilines is 1. The minimum Gasteiger partial charge on any atom is -0.495 e. The molecule has 1 unspecified atom stereocenters. The number of ether oxygens (including phenoxy) is 4. The average molecular weight is 480 g/mol. The molecule has 0 saturated heterocycles. The second-order valence-electron chi connectivity index (χ2n) is 6.68. The van der Waals surface area contributed by atoms with E-state index in [0.29, 0.717) is 51.1 Å². The van der Waals surface area contributed by atoms with Gasteiger partial charge in [0.15, 0.2) is 11.5 Å². The highest BCUT2D eigenvalue weighted by Gasteiger charge is 2.21. The Morgan fingerprint density at radius 1 is 1.03 bits per heavy atom. The minimum atomic E-state index is -1.06. The summed E-state index contributed by atoms with van der Waals surface area (Å²) in [5.41, 5.74) is 8.54. The molecule has 10 nitrogen and oxygen atoms in total. The second kappa shape index (κ2) is 11.4. The van der Waals surface area contributed by atoms with Crippen molar-refractivity contribution in [2.24, 2.45) is 5.73 Å². The smallest absolute Gasteiger partial charge is 0.243 e. The lowest BCUT2D eigenvalue weighted by Gasteiger charge is -2.15. The van der Waals surface area contributed by atoms with Crippen molar-refractivity contribution in [3.8, 4) is 45.4 Å². The predicted molar refractivity (Wildman–Crippen MR) is 125 cm³/mol. The molecule has 4 N–H and O–H groups in total. The Labute approximate surface area is 197 Å². The van der Waals surface area contributed by atoms with Gasteiger partial charge in [0.05, 0.1) is 40.7 Å². The van der Waals surface area contributed by atoms with Crippen LogP contribution < -0.4 is 30.0 Å². The molecule has 3 rings (SSSR count). The number of benzene rings is 2. The largest absolute Gasteiger partial charge is 0.495 e. The number of rotatable bonds is 9. The van der Waals surface area contributed by atoms with E-state index in [0.717, 1.165) is 0 Å². The standard InChI is InChI=1S/C22H25N3O7.ClH/c1-28-17-6-5-12(7-16(17)24-22(27)15(23)10-26)14-11-32-25-20(14)13-8-18(29-2)21(31-4)19(9-13)30-3;/h5-9,11,15,26H,10,23H2,1-4H3,(H,24,27);1H. The molecule has 0 bridgehead atoms. The summed E-state index contributed by atoms with van der Waals surface area (Å²) in [6, 6.07) is 7.66. The zero-order valence-electron chi connectivity index (χ0n) is 18.6. The minimum absolute atomic E-state index is 0. The Bertz CT molecular complexity index is 1080. The predicted octanol–water partition coefficient (Wildman–Crippen LogP) is 2.72. The average Bonchev–Trinajstić information content (AvgIpc) is 3.32. The molecule has 3 aromatic rings. The van der Waals surface area contributed by atoms with Crippen LogP contribution in [0.25, 0.3) is 22.4 Å². The molecule has 2 aromatic carbocycles. The quantitative estimate of drug-likeness (QED) is 0.422. The lowest BCUT2D eigenvalue weighted by Crippen LogP contribution is -2.38. The summed E-state index contributed by atoms with van der Waals surface area (Å²) in [4.78, 5) is 12.2. The van der Waals surface area contributed by atoms with Gasteiger partial charge in [-0.1, -0.05) is 11.2 Å². The lowest BCUT2D eigenvalue weighted by molar-refractivity contribution is -0.118. The zero-order chi connectivity index (χ0) is 23.3. The van der Waals surface area contributed by atoms with Gasteiger partial charge in [-0.3, -0.25) is 4.79 Å². The Hall–Kier alpha value is -3.47. The molecule has 33 heavy (non-hydrogen) atoms. The molecule has 0 aliphatic rings. The SMILES string of the molecule is COc1ccc(-c2conc2-c2cc(OC)c(OC)c(OC)c2)cc1NC(=O)C(N)CO.Cl. The third-order valence-electron chi connectivity index (χ3n) is 4.81. The van der Waals surface area contributed by atoms with Crippen molar-refractivity contribution in [3.63, 3.8) is 0 Å². The molecule has 1 aromatic heterocycles. The van der Waals surface area contributed by atoms with Gasteiger partial charge in [0.1, 0.15) is 23.7 Å². The fourth-order valence-corrected chi connectivity index (χ4v) is 3.15. The second-order valence-corrected chi connectivity index (χ2v) is 6.68. The summed E-state index contributed by atoms with van der Waals surface area (Å²) in [6.45, 7) is -0.481. The van der Waals surface area contributed by atoms with Crippen LogP contribution in [0.3, 0.4) is 0 Å². The monoisotopic (exact) mass is 479 g/mol. The number of carbonyl (C=O) groups is 1. The number of hydrogen-bond donors (Lipinski definition) is 3. The fourth-order valence-electron chi connectivity index (χ4n) is 3.15. The van der Waals surface area contributed by atoms with E-state index in [2.05, 4.69) is 10.5 Å². The third-order valence-corrected chi connectivity index (χ3v) is 4.81. The van der Waals surface area contributed by atoms with E-state index >= 15 is 0 Å². The molecule has 1 heterocycles. The van der Waals surface area contributed by atoms with Crippen molar-refractivity contribution in [1.29, 1.82) is 0 Å². The molecule has 178 valence electrons. The first-order valence-electron chi connectivity index (χ1n) is 9.57. The number of nitrogens with one attached hydrogen (secondary N) is 1. The fraction of sp³-hybridized carbons (Fsp3) is 0.273. The molecule has 1 atom stereocenters. The summed E-state index contributed by atoms with van der Waals surface area (Å²) in [6.07, 6.45) is 1.49. The number of aliphatic hydroxyl groups excluding tert-OH is 1. The van der Waals surface area contributed by atoms with Gasteiger partial charge in [0.25, 0.3) is 0 Å². The van der Waals surface area contributed by atoms with Crippen LogP contribution >= 0.6 is 12.4 Å². The number of hydrogen-bond acceptors (Lipinski definition) is 9. The van der Waals surface area contributed by atoms with Gasteiger partial charge < -0.3 is 39.6 Å². The van der Waals surface area contributed by atoms with Gasteiger partial charge in [-0.25, -0.2) is 0 Å². The molecule has 0 saturated carbocycles. The normalized spacial score (nSPS) is 11.2. The maximum atomic E-state index is 12.2. The first-order valence-corrected chi connectivity index (χ1v) is 9.57. The number of carbonyl (C=O) groups excluding carboxylic acids is 1. The van der Waals surface area contributed by atoms with E-state index < -0.39 is 18.6 Å². The van der Waals surface area contributed by atoms with Crippen LogP contribution in [0, 0.1) is 0 Å². The molecule has 0 aliphatic carbocycles. The molecular weight excluding hydrogens is 454 g/mol. The van der Waals surface area contributed by atoms with Gasteiger partial charge in [-0.2, -0.15) is 0 Å². The summed E-state index contributed by atoms with van der Waals surface area (Å²) in [5, 5.41) is 15.9. The van der Waals surface area contributed by atoms with Crippen molar-refractivity contribution >= 4 is 24.0 Å².